The van der Waals surface area contributed by atoms with Crippen LogP contribution in [0.5, 0.6) is 0 Å². The van der Waals surface area contributed by atoms with Gasteiger partial charge in [0.15, 0.2) is 5.82 Å². The number of aromatic nitrogens is 2. The van der Waals surface area contributed by atoms with Crippen LogP contribution < -0.4 is 5.32 Å². The predicted octanol–water partition coefficient (Wildman–Crippen LogP) is 3.97. The van der Waals surface area contributed by atoms with Gasteiger partial charge in [0.25, 0.3) is 5.91 Å². The van der Waals surface area contributed by atoms with Crippen molar-refractivity contribution in [3.63, 3.8) is 0 Å². The number of imidazole rings is 1. The van der Waals surface area contributed by atoms with Crippen molar-refractivity contribution in [1.29, 1.82) is 0 Å². The van der Waals surface area contributed by atoms with E-state index in [1.54, 1.807) is 61.1 Å². The molecule has 0 bridgehead atoms. The molecule has 0 aliphatic carbocycles. The molecule has 170 valence electrons. The number of carbonyl (C=O) groups is 3. The number of hydrogen-bond acceptors (Lipinski definition) is 4. The summed E-state index contributed by atoms with van der Waals surface area (Å²) in [4.78, 5) is 40.9. The van der Waals surface area contributed by atoms with Crippen LogP contribution in [0.2, 0.25) is 0 Å². The van der Waals surface area contributed by atoms with Crippen LogP contribution in [0, 0.1) is 12.8 Å². The molecule has 2 N–H and O–H groups in total. The molecule has 7 heteroatoms. The number of benzene rings is 2. The Kier molecular flexibility index (Phi) is 7.56. The second-order valence-corrected chi connectivity index (χ2v) is 8.16. The Labute approximate surface area is 192 Å². The highest BCUT2D eigenvalue weighted by Crippen LogP contribution is 2.12. The summed E-state index contributed by atoms with van der Waals surface area (Å²) in [6.45, 7) is 5.88. The lowest BCUT2D eigenvalue weighted by molar-refractivity contribution is -0.140. The topological polar surface area (TPSA) is 101 Å². The van der Waals surface area contributed by atoms with Crippen LogP contribution in [0.4, 0.5) is 0 Å². The molecule has 2 aromatic carbocycles. The number of nitrogens with one attached hydrogen (secondary N) is 1. The van der Waals surface area contributed by atoms with E-state index in [1.165, 1.54) is 0 Å². The molecule has 3 rings (SSSR count). The molecular formula is C26H27N3O4. The number of carboxylic acid groups (broad SMARTS) is 1. The van der Waals surface area contributed by atoms with E-state index in [2.05, 4.69) is 10.3 Å². The summed E-state index contributed by atoms with van der Waals surface area (Å²) in [6.07, 6.45) is 7.05. The smallest absolute Gasteiger partial charge is 0.326 e. The Morgan fingerprint density at radius 2 is 1.82 bits per heavy atom. The Morgan fingerprint density at radius 1 is 1.09 bits per heavy atom. The Hall–Kier alpha value is -4.00. The third kappa shape index (κ3) is 6.04. The molecule has 0 saturated carbocycles. The van der Waals surface area contributed by atoms with Gasteiger partial charge in [0.1, 0.15) is 6.04 Å². The Morgan fingerprint density at radius 3 is 2.48 bits per heavy atom. The molecular weight excluding hydrogens is 418 g/mol. The van der Waals surface area contributed by atoms with Crippen molar-refractivity contribution in [3.05, 3.63) is 95.1 Å². The zero-order valence-electron chi connectivity index (χ0n) is 18.9. The van der Waals surface area contributed by atoms with Crippen molar-refractivity contribution < 1.29 is 19.5 Å². The van der Waals surface area contributed by atoms with Crippen molar-refractivity contribution in [2.75, 3.05) is 0 Å². The van der Waals surface area contributed by atoms with Crippen LogP contribution in [0.15, 0.2) is 67.0 Å². The summed E-state index contributed by atoms with van der Waals surface area (Å²) in [5.41, 5.74) is 2.82. The first-order chi connectivity index (χ1) is 15.8. The molecule has 0 unspecified atom stereocenters. The molecule has 0 spiro atoms. The van der Waals surface area contributed by atoms with Gasteiger partial charge in [-0.15, -0.1) is 0 Å². The first kappa shape index (κ1) is 23.7. The maximum atomic E-state index is 12.8. The van der Waals surface area contributed by atoms with Gasteiger partial charge >= 0.3 is 5.97 Å². The van der Waals surface area contributed by atoms with E-state index < -0.39 is 17.9 Å². The quantitative estimate of drug-likeness (QED) is 0.485. The summed E-state index contributed by atoms with van der Waals surface area (Å²) < 4.78 is 1.76. The Balaban J connectivity index is 1.69. The largest absolute Gasteiger partial charge is 0.480 e. The molecule has 1 aromatic heterocycles. The van der Waals surface area contributed by atoms with Crippen molar-refractivity contribution in [3.8, 4) is 0 Å². The zero-order chi connectivity index (χ0) is 24.0. The predicted molar refractivity (Wildman–Crippen MR) is 126 cm³/mol. The molecule has 0 aliphatic heterocycles. The molecule has 33 heavy (non-hydrogen) atoms. The van der Waals surface area contributed by atoms with Crippen LogP contribution in [0.25, 0.3) is 6.08 Å². The molecule has 7 nitrogen and oxygen atoms in total. The molecule has 0 aliphatic rings. The minimum atomic E-state index is -1.06. The molecule has 0 fully saturated rings. The van der Waals surface area contributed by atoms with Crippen molar-refractivity contribution >= 4 is 23.7 Å². The van der Waals surface area contributed by atoms with Crippen LogP contribution in [-0.2, 0) is 11.3 Å². The van der Waals surface area contributed by atoms with E-state index in [0.717, 1.165) is 11.1 Å². The number of rotatable bonds is 9. The SMILES string of the molecule is Cc1ccc(C(=O)c2nccn2C/C=C/c2cccc(C(=O)N[C@H](C(=O)O)C(C)C)c2)cc1. The highest BCUT2D eigenvalue weighted by atomic mass is 16.4. The number of hydrogen-bond donors (Lipinski definition) is 2. The van der Waals surface area contributed by atoms with Gasteiger partial charge in [-0.05, 0) is 30.5 Å². The number of aryl methyl sites for hydroxylation is 1. The van der Waals surface area contributed by atoms with Crippen LogP contribution in [-0.4, -0.2) is 38.4 Å². The number of amides is 1. The fourth-order valence-corrected chi connectivity index (χ4v) is 3.32. The van der Waals surface area contributed by atoms with E-state index in [0.29, 0.717) is 23.5 Å². The van der Waals surface area contributed by atoms with Crippen molar-refractivity contribution in [1.82, 2.24) is 14.9 Å². The first-order valence-corrected chi connectivity index (χ1v) is 10.7. The van der Waals surface area contributed by atoms with Crippen molar-refractivity contribution in [2.45, 2.75) is 33.4 Å². The lowest BCUT2D eigenvalue weighted by Crippen LogP contribution is -2.44. The van der Waals surface area contributed by atoms with E-state index in [4.69, 9.17) is 0 Å². The zero-order valence-corrected chi connectivity index (χ0v) is 18.9. The lowest BCUT2D eigenvalue weighted by Gasteiger charge is -2.18. The van der Waals surface area contributed by atoms with E-state index in [9.17, 15) is 19.5 Å². The number of nitrogens with zero attached hydrogens (tertiary/aromatic N) is 2. The fourth-order valence-electron chi connectivity index (χ4n) is 3.32. The number of allylic oxidation sites excluding steroid dienone is 1. The van der Waals surface area contributed by atoms with Crippen LogP contribution >= 0.6 is 0 Å². The minimum Gasteiger partial charge on any atom is -0.480 e. The third-order valence-corrected chi connectivity index (χ3v) is 5.21. The van der Waals surface area contributed by atoms with Gasteiger partial charge in [-0.1, -0.05) is 68.0 Å². The number of aliphatic carboxylic acids is 1. The summed E-state index contributed by atoms with van der Waals surface area (Å²) in [5, 5.41) is 11.9. The van der Waals surface area contributed by atoms with E-state index >= 15 is 0 Å². The second-order valence-electron chi connectivity index (χ2n) is 8.16. The average molecular weight is 446 g/mol. The summed E-state index contributed by atoms with van der Waals surface area (Å²) >= 11 is 0. The van der Waals surface area contributed by atoms with Crippen LogP contribution in [0.3, 0.4) is 0 Å². The van der Waals surface area contributed by atoms with E-state index in [1.807, 2.05) is 37.3 Å². The Bertz CT molecular complexity index is 1180. The van der Waals surface area contributed by atoms with Gasteiger partial charge in [0, 0.05) is 30.1 Å². The lowest BCUT2D eigenvalue weighted by atomic mass is 10.0. The second kappa shape index (κ2) is 10.5. The number of carboxylic acids is 1. The summed E-state index contributed by atoms with van der Waals surface area (Å²) in [6, 6.07) is 13.3. The van der Waals surface area contributed by atoms with Gasteiger partial charge < -0.3 is 15.0 Å². The van der Waals surface area contributed by atoms with Gasteiger partial charge in [0.2, 0.25) is 5.78 Å². The monoisotopic (exact) mass is 445 g/mol. The molecule has 0 radical (unpaired) electrons. The first-order valence-electron chi connectivity index (χ1n) is 10.7. The van der Waals surface area contributed by atoms with Crippen molar-refractivity contribution in [2.24, 2.45) is 5.92 Å². The minimum absolute atomic E-state index is 0.148. The standard InChI is InChI=1S/C26H27N3O4/c1-17(2)22(26(32)33)28-25(31)21-8-4-6-19(16-21)7-5-14-29-15-13-27-24(29)23(30)20-11-9-18(3)10-12-20/h4-13,15-17,22H,14H2,1-3H3,(H,28,31)(H,32,33)/b7-5+/t22-/m0/s1. The van der Waals surface area contributed by atoms with Gasteiger partial charge in [0.05, 0.1) is 0 Å². The molecule has 1 heterocycles. The maximum Gasteiger partial charge on any atom is 0.326 e. The highest BCUT2D eigenvalue weighted by Gasteiger charge is 2.23. The molecule has 1 atom stereocenters. The van der Waals surface area contributed by atoms with E-state index in [-0.39, 0.29) is 11.7 Å². The van der Waals surface area contributed by atoms with Gasteiger partial charge in [-0.2, -0.15) is 0 Å². The van der Waals surface area contributed by atoms with Gasteiger partial charge in [-0.25, -0.2) is 9.78 Å². The average Bonchev–Trinajstić information content (AvgIpc) is 3.25. The molecule has 0 saturated heterocycles. The maximum absolute atomic E-state index is 12.8. The summed E-state index contributed by atoms with van der Waals surface area (Å²) in [5.74, 6) is -1.53. The molecule has 1 amide bonds. The van der Waals surface area contributed by atoms with Gasteiger partial charge in [-0.3, -0.25) is 9.59 Å². The highest BCUT2D eigenvalue weighted by molar-refractivity contribution is 6.06. The third-order valence-electron chi connectivity index (χ3n) is 5.21. The fraction of sp³-hybridized carbons (Fsp3) is 0.231. The normalized spacial score (nSPS) is 12.1. The van der Waals surface area contributed by atoms with Crippen LogP contribution in [0.1, 0.15) is 51.5 Å². The molecule has 3 aromatic rings. The number of carbonyl (C=O) groups excluding carboxylic acids is 2. The summed E-state index contributed by atoms with van der Waals surface area (Å²) in [7, 11) is 0. The number of ketones is 1.